The molecule has 5 nitrogen and oxygen atoms in total. The van der Waals surface area contributed by atoms with E-state index in [4.69, 9.17) is 0 Å². The Morgan fingerprint density at radius 2 is 1.79 bits per heavy atom. The number of nitrogens with one attached hydrogen (secondary N) is 1. The molecule has 4 rings (SSSR count). The Balaban J connectivity index is 1.49. The Hall–Kier alpha value is -2.96. The molecule has 1 aliphatic heterocycles. The lowest BCUT2D eigenvalue weighted by atomic mass is 10.1. The Kier molecular flexibility index (Phi) is 5.22. The van der Waals surface area contributed by atoms with Gasteiger partial charge < -0.3 is 4.90 Å². The van der Waals surface area contributed by atoms with Gasteiger partial charge in [0.15, 0.2) is 0 Å². The second kappa shape index (κ2) is 7.81. The normalized spacial score (nSPS) is 13.3. The second-order valence-corrected chi connectivity index (χ2v) is 8.94. The standard InChI is InChI=1S/C23H22N2O3S/c1-17-6-5-7-20(14-17)23(26)25-13-12-19-15-18(10-11-22(19)25)16-24-29(27,28)21-8-3-2-4-9-21/h2-11,14-15,24H,12-13,16H2,1H3. The second-order valence-electron chi connectivity index (χ2n) is 7.18. The molecule has 3 aromatic rings. The summed E-state index contributed by atoms with van der Waals surface area (Å²) >= 11 is 0. The van der Waals surface area contributed by atoms with Crippen LogP contribution in [0.1, 0.15) is 27.0 Å². The fourth-order valence-electron chi connectivity index (χ4n) is 3.57. The van der Waals surface area contributed by atoms with Gasteiger partial charge >= 0.3 is 0 Å². The van der Waals surface area contributed by atoms with E-state index in [0.29, 0.717) is 12.1 Å². The summed E-state index contributed by atoms with van der Waals surface area (Å²) in [5.74, 6) is -0.00928. The van der Waals surface area contributed by atoms with Crippen LogP contribution in [0.3, 0.4) is 0 Å². The molecule has 0 spiro atoms. The van der Waals surface area contributed by atoms with Crippen LogP contribution in [0.4, 0.5) is 5.69 Å². The van der Waals surface area contributed by atoms with Gasteiger partial charge in [-0.3, -0.25) is 4.79 Å². The molecular weight excluding hydrogens is 384 g/mol. The van der Waals surface area contributed by atoms with Crippen LogP contribution in [0.15, 0.2) is 77.7 Å². The van der Waals surface area contributed by atoms with Crippen LogP contribution < -0.4 is 9.62 Å². The predicted molar refractivity (Wildman–Crippen MR) is 113 cm³/mol. The van der Waals surface area contributed by atoms with Gasteiger partial charge in [0.05, 0.1) is 4.90 Å². The first-order valence-electron chi connectivity index (χ1n) is 9.49. The van der Waals surface area contributed by atoms with E-state index in [1.54, 1.807) is 35.2 Å². The lowest BCUT2D eigenvalue weighted by Crippen LogP contribution is -2.28. The summed E-state index contributed by atoms with van der Waals surface area (Å²) in [5, 5.41) is 0. The van der Waals surface area contributed by atoms with Gasteiger partial charge in [0.2, 0.25) is 10.0 Å². The third kappa shape index (κ3) is 4.09. The summed E-state index contributed by atoms with van der Waals surface area (Å²) in [5.41, 5.74) is 4.55. The number of fused-ring (bicyclic) bond motifs is 1. The fraction of sp³-hybridized carbons (Fsp3) is 0.174. The Morgan fingerprint density at radius 3 is 2.55 bits per heavy atom. The van der Waals surface area contributed by atoms with Crippen molar-refractivity contribution in [2.24, 2.45) is 0 Å². The van der Waals surface area contributed by atoms with Crippen molar-refractivity contribution in [3.63, 3.8) is 0 Å². The van der Waals surface area contributed by atoms with E-state index in [0.717, 1.165) is 28.8 Å². The third-order valence-corrected chi connectivity index (χ3v) is 6.49. The van der Waals surface area contributed by atoms with Gasteiger partial charge in [0.1, 0.15) is 0 Å². The quantitative estimate of drug-likeness (QED) is 0.703. The van der Waals surface area contributed by atoms with Crippen molar-refractivity contribution in [1.82, 2.24) is 4.72 Å². The van der Waals surface area contributed by atoms with Crippen molar-refractivity contribution < 1.29 is 13.2 Å². The summed E-state index contributed by atoms with van der Waals surface area (Å²) in [7, 11) is -3.55. The maximum atomic E-state index is 12.9. The van der Waals surface area contributed by atoms with Crippen molar-refractivity contribution >= 4 is 21.6 Å². The molecule has 1 N–H and O–H groups in total. The lowest BCUT2D eigenvalue weighted by molar-refractivity contribution is 0.0989. The molecule has 1 heterocycles. The van der Waals surface area contributed by atoms with Crippen LogP contribution in [0.5, 0.6) is 0 Å². The van der Waals surface area contributed by atoms with E-state index in [2.05, 4.69) is 4.72 Å². The molecule has 29 heavy (non-hydrogen) atoms. The average molecular weight is 407 g/mol. The molecule has 0 bridgehead atoms. The number of aryl methyl sites for hydroxylation is 1. The van der Waals surface area contributed by atoms with Crippen LogP contribution in [-0.2, 0) is 23.0 Å². The minimum absolute atomic E-state index is 0.00928. The molecular formula is C23H22N2O3S. The van der Waals surface area contributed by atoms with Gasteiger partial charge in [-0.1, -0.05) is 48.0 Å². The number of benzene rings is 3. The number of sulfonamides is 1. The first kappa shape index (κ1) is 19.4. The van der Waals surface area contributed by atoms with E-state index in [1.807, 2.05) is 49.4 Å². The molecule has 3 aromatic carbocycles. The van der Waals surface area contributed by atoms with E-state index in [-0.39, 0.29) is 17.3 Å². The third-order valence-electron chi connectivity index (χ3n) is 5.07. The first-order chi connectivity index (χ1) is 13.9. The fourth-order valence-corrected chi connectivity index (χ4v) is 4.61. The average Bonchev–Trinajstić information content (AvgIpc) is 3.16. The summed E-state index contributed by atoms with van der Waals surface area (Å²) in [6, 6.07) is 21.7. The van der Waals surface area contributed by atoms with E-state index >= 15 is 0 Å². The van der Waals surface area contributed by atoms with Gasteiger partial charge in [-0.05, 0) is 54.8 Å². The predicted octanol–water partition coefficient (Wildman–Crippen LogP) is 3.68. The highest BCUT2D eigenvalue weighted by molar-refractivity contribution is 7.89. The molecule has 0 fully saturated rings. The van der Waals surface area contributed by atoms with Crippen molar-refractivity contribution in [3.05, 3.63) is 95.1 Å². The molecule has 0 radical (unpaired) electrons. The van der Waals surface area contributed by atoms with Crippen LogP contribution in [0.25, 0.3) is 0 Å². The summed E-state index contributed by atoms with van der Waals surface area (Å²) in [4.78, 5) is 14.9. The van der Waals surface area contributed by atoms with Crippen molar-refractivity contribution in [2.75, 3.05) is 11.4 Å². The number of rotatable bonds is 5. The Labute approximate surface area is 171 Å². The van der Waals surface area contributed by atoms with Crippen molar-refractivity contribution in [3.8, 4) is 0 Å². The topological polar surface area (TPSA) is 66.5 Å². The van der Waals surface area contributed by atoms with E-state index in [9.17, 15) is 13.2 Å². The molecule has 0 saturated heterocycles. The molecule has 148 valence electrons. The number of carbonyl (C=O) groups is 1. The Bertz CT molecular complexity index is 1160. The number of carbonyl (C=O) groups excluding carboxylic acids is 1. The number of nitrogens with zero attached hydrogens (tertiary/aromatic N) is 1. The van der Waals surface area contributed by atoms with Gasteiger partial charge in [-0.2, -0.15) is 0 Å². The zero-order valence-corrected chi connectivity index (χ0v) is 16.9. The van der Waals surface area contributed by atoms with Crippen LogP contribution in [0.2, 0.25) is 0 Å². The smallest absolute Gasteiger partial charge is 0.258 e. The molecule has 0 unspecified atom stereocenters. The van der Waals surface area contributed by atoms with Crippen molar-refractivity contribution in [2.45, 2.75) is 24.8 Å². The number of hydrogen-bond acceptors (Lipinski definition) is 3. The zero-order chi connectivity index (χ0) is 20.4. The molecule has 0 aromatic heterocycles. The minimum atomic E-state index is -3.55. The van der Waals surface area contributed by atoms with Gasteiger partial charge in [-0.15, -0.1) is 0 Å². The monoisotopic (exact) mass is 406 g/mol. The van der Waals surface area contributed by atoms with Crippen molar-refractivity contribution in [1.29, 1.82) is 0 Å². The van der Waals surface area contributed by atoms with Crippen LogP contribution in [-0.4, -0.2) is 20.9 Å². The molecule has 0 aliphatic carbocycles. The summed E-state index contributed by atoms with van der Waals surface area (Å²) in [6.45, 7) is 2.80. The summed E-state index contributed by atoms with van der Waals surface area (Å²) in [6.07, 6.45) is 0.756. The molecule has 1 amide bonds. The maximum absolute atomic E-state index is 12.9. The molecule has 6 heteroatoms. The van der Waals surface area contributed by atoms with Crippen LogP contribution in [0, 0.1) is 6.92 Å². The highest BCUT2D eigenvalue weighted by atomic mass is 32.2. The van der Waals surface area contributed by atoms with E-state index < -0.39 is 10.0 Å². The lowest BCUT2D eigenvalue weighted by Gasteiger charge is -2.18. The minimum Gasteiger partial charge on any atom is -0.308 e. The maximum Gasteiger partial charge on any atom is 0.258 e. The highest BCUT2D eigenvalue weighted by Crippen LogP contribution is 2.30. The summed E-state index contributed by atoms with van der Waals surface area (Å²) < 4.78 is 27.4. The van der Waals surface area contributed by atoms with Gasteiger partial charge in [0, 0.05) is 24.3 Å². The largest absolute Gasteiger partial charge is 0.308 e. The molecule has 0 saturated carbocycles. The zero-order valence-electron chi connectivity index (χ0n) is 16.1. The van der Waals surface area contributed by atoms with E-state index in [1.165, 1.54) is 0 Å². The number of amides is 1. The van der Waals surface area contributed by atoms with Crippen LogP contribution >= 0.6 is 0 Å². The van der Waals surface area contributed by atoms with Gasteiger partial charge in [0.25, 0.3) is 5.91 Å². The number of hydrogen-bond donors (Lipinski definition) is 1. The Morgan fingerprint density at radius 1 is 1.00 bits per heavy atom. The first-order valence-corrected chi connectivity index (χ1v) is 11.0. The molecule has 1 aliphatic rings. The highest BCUT2D eigenvalue weighted by Gasteiger charge is 2.26. The number of anilines is 1. The SMILES string of the molecule is Cc1cccc(C(=O)N2CCc3cc(CNS(=O)(=O)c4ccccc4)ccc32)c1. The van der Waals surface area contributed by atoms with Gasteiger partial charge in [-0.25, -0.2) is 13.1 Å². The molecule has 0 atom stereocenters.